The van der Waals surface area contributed by atoms with E-state index >= 15 is 0 Å². The third-order valence-corrected chi connectivity index (χ3v) is 3.83. The molecule has 5 heteroatoms. The number of hydrogen-bond donors (Lipinski definition) is 1. The number of carbonyl (C=O) groups is 1. The Bertz CT molecular complexity index is 416. The first kappa shape index (κ1) is 15.8. The first-order valence-corrected chi connectivity index (χ1v) is 7.95. The molecule has 0 bridgehead atoms. The van der Waals surface area contributed by atoms with Crippen molar-refractivity contribution in [3.63, 3.8) is 0 Å². The van der Waals surface area contributed by atoms with Crippen molar-refractivity contribution in [2.24, 2.45) is 0 Å². The normalized spacial score (nSPS) is 15.3. The van der Waals surface area contributed by atoms with Crippen LogP contribution in [0, 0.1) is 0 Å². The number of rotatable bonds is 7. The summed E-state index contributed by atoms with van der Waals surface area (Å²) in [5.74, 6) is 1.27. The van der Waals surface area contributed by atoms with Crippen molar-refractivity contribution in [1.29, 1.82) is 0 Å². The number of piperazine rings is 1. The highest BCUT2D eigenvalue weighted by molar-refractivity contribution is 5.76. The number of nitrogens with one attached hydrogen (secondary N) is 1. The van der Waals surface area contributed by atoms with Gasteiger partial charge < -0.3 is 15.1 Å². The minimum atomic E-state index is 0.264. The third kappa shape index (κ3) is 5.01. The van der Waals surface area contributed by atoms with Gasteiger partial charge in [0, 0.05) is 45.3 Å². The summed E-state index contributed by atoms with van der Waals surface area (Å²) in [7, 11) is 0. The first-order valence-electron chi connectivity index (χ1n) is 7.95. The minimum absolute atomic E-state index is 0.264. The van der Waals surface area contributed by atoms with Gasteiger partial charge >= 0.3 is 0 Å². The summed E-state index contributed by atoms with van der Waals surface area (Å²) in [5.41, 5.74) is 0. The van der Waals surface area contributed by atoms with Crippen LogP contribution in [0.2, 0.25) is 0 Å². The Balaban J connectivity index is 1.67. The summed E-state index contributed by atoms with van der Waals surface area (Å²) in [4.78, 5) is 20.7. The van der Waals surface area contributed by atoms with E-state index in [-0.39, 0.29) is 5.91 Å². The standard InChI is InChI=1S/C16H26N4O/c1-2-3-8-17-10-7-16(21)20-13-11-19(12-14-20)15-6-4-5-9-18-15/h4-6,9,17H,2-3,7-8,10-14H2,1H3. The SMILES string of the molecule is CCCCNCCC(=O)N1CCN(c2ccccn2)CC1. The molecule has 0 spiro atoms. The van der Waals surface area contributed by atoms with Crippen LogP contribution in [-0.2, 0) is 4.79 Å². The van der Waals surface area contributed by atoms with Crippen LogP contribution in [0.3, 0.4) is 0 Å². The van der Waals surface area contributed by atoms with Crippen molar-refractivity contribution >= 4 is 11.7 Å². The summed E-state index contributed by atoms with van der Waals surface area (Å²) in [5, 5.41) is 3.32. The van der Waals surface area contributed by atoms with Crippen LogP contribution < -0.4 is 10.2 Å². The van der Waals surface area contributed by atoms with Gasteiger partial charge in [0.15, 0.2) is 0 Å². The fourth-order valence-corrected chi connectivity index (χ4v) is 2.51. The number of nitrogens with zero attached hydrogens (tertiary/aromatic N) is 3. The lowest BCUT2D eigenvalue weighted by molar-refractivity contribution is -0.131. The fourth-order valence-electron chi connectivity index (χ4n) is 2.51. The predicted molar refractivity (Wildman–Crippen MR) is 85.4 cm³/mol. The smallest absolute Gasteiger partial charge is 0.223 e. The minimum Gasteiger partial charge on any atom is -0.353 e. The average Bonchev–Trinajstić information content (AvgIpc) is 2.55. The molecular formula is C16H26N4O. The van der Waals surface area contributed by atoms with Gasteiger partial charge in [0.05, 0.1) is 0 Å². The predicted octanol–water partition coefficient (Wildman–Crippen LogP) is 1.51. The van der Waals surface area contributed by atoms with Gasteiger partial charge in [0.25, 0.3) is 0 Å². The van der Waals surface area contributed by atoms with E-state index in [2.05, 4.69) is 22.1 Å². The Kier molecular flexibility index (Phi) is 6.47. The van der Waals surface area contributed by atoms with Gasteiger partial charge in [0.1, 0.15) is 5.82 Å². The number of aromatic nitrogens is 1. The largest absolute Gasteiger partial charge is 0.353 e. The number of unbranched alkanes of at least 4 members (excludes halogenated alkanes) is 1. The highest BCUT2D eigenvalue weighted by atomic mass is 16.2. The van der Waals surface area contributed by atoms with E-state index < -0.39 is 0 Å². The molecule has 0 aliphatic carbocycles. The molecule has 2 heterocycles. The number of amides is 1. The van der Waals surface area contributed by atoms with Crippen molar-refractivity contribution in [2.75, 3.05) is 44.2 Å². The van der Waals surface area contributed by atoms with Crippen LogP contribution in [0.1, 0.15) is 26.2 Å². The van der Waals surface area contributed by atoms with Gasteiger partial charge in [-0.1, -0.05) is 19.4 Å². The molecular weight excluding hydrogens is 264 g/mol. The summed E-state index contributed by atoms with van der Waals surface area (Å²) in [6, 6.07) is 5.95. The molecule has 0 unspecified atom stereocenters. The number of anilines is 1. The highest BCUT2D eigenvalue weighted by Crippen LogP contribution is 2.12. The molecule has 1 aromatic rings. The summed E-state index contributed by atoms with van der Waals surface area (Å²) >= 11 is 0. The third-order valence-electron chi connectivity index (χ3n) is 3.83. The van der Waals surface area contributed by atoms with Crippen LogP contribution in [0.4, 0.5) is 5.82 Å². The molecule has 0 aromatic carbocycles. The lowest BCUT2D eigenvalue weighted by Crippen LogP contribution is -2.49. The molecule has 0 radical (unpaired) electrons. The van der Waals surface area contributed by atoms with E-state index in [1.54, 1.807) is 0 Å². The van der Waals surface area contributed by atoms with Crippen molar-refractivity contribution < 1.29 is 4.79 Å². The lowest BCUT2D eigenvalue weighted by Gasteiger charge is -2.35. The molecule has 1 N–H and O–H groups in total. The molecule has 1 aliphatic rings. The molecule has 5 nitrogen and oxygen atoms in total. The summed E-state index contributed by atoms with van der Waals surface area (Å²) in [6.07, 6.45) is 4.79. The van der Waals surface area contributed by atoms with Gasteiger partial charge in [-0.05, 0) is 25.1 Å². The maximum absolute atomic E-state index is 12.1. The van der Waals surface area contributed by atoms with Crippen LogP contribution in [0.15, 0.2) is 24.4 Å². The van der Waals surface area contributed by atoms with E-state index in [9.17, 15) is 4.79 Å². The quantitative estimate of drug-likeness (QED) is 0.773. The zero-order chi connectivity index (χ0) is 14.9. The van der Waals surface area contributed by atoms with E-state index in [0.717, 1.165) is 45.1 Å². The molecule has 1 saturated heterocycles. The van der Waals surface area contributed by atoms with Gasteiger partial charge in [-0.2, -0.15) is 0 Å². The number of pyridine rings is 1. The number of hydrogen-bond acceptors (Lipinski definition) is 4. The van der Waals surface area contributed by atoms with Crippen molar-refractivity contribution in [1.82, 2.24) is 15.2 Å². The van der Waals surface area contributed by atoms with E-state index in [1.165, 1.54) is 12.8 Å². The van der Waals surface area contributed by atoms with Crippen LogP contribution in [-0.4, -0.2) is 55.1 Å². The topological polar surface area (TPSA) is 48.5 Å². The van der Waals surface area contributed by atoms with Gasteiger partial charge in [0.2, 0.25) is 5.91 Å². The lowest BCUT2D eigenvalue weighted by atomic mass is 10.2. The zero-order valence-electron chi connectivity index (χ0n) is 12.9. The molecule has 0 atom stereocenters. The molecule has 2 rings (SSSR count). The molecule has 0 saturated carbocycles. The first-order chi connectivity index (χ1) is 10.3. The molecule has 1 amide bonds. The number of carbonyl (C=O) groups excluding carboxylic acids is 1. The van der Waals surface area contributed by atoms with E-state index in [4.69, 9.17) is 0 Å². The highest BCUT2D eigenvalue weighted by Gasteiger charge is 2.21. The Labute approximate surface area is 127 Å². The van der Waals surface area contributed by atoms with Crippen LogP contribution in [0.5, 0.6) is 0 Å². The Morgan fingerprint density at radius 1 is 1.24 bits per heavy atom. The van der Waals surface area contributed by atoms with Crippen LogP contribution in [0.25, 0.3) is 0 Å². The van der Waals surface area contributed by atoms with E-state index in [0.29, 0.717) is 6.42 Å². The average molecular weight is 290 g/mol. The zero-order valence-corrected chi connectivity index (χ0v) is 12.9. The molecule has 1 aliphatic heterocycles. The Morgan fingerprint density at radius 2 is 2.05 bits per heavy atom. The van der Waals surface area contributed by atoms with Crippen molar-refractivity contribution in [2.45, 2.75) is 26.2 Å². The molecule has 1 fully saturated rings. The summed E-state index contributed by atoms with van der Waals surface area (Å²) in [6.45, 7) is 7.30. The van der Waals surface area contributed by atoms with Gasteiger partial charge in [-0.15, -0.1) is 0 Å². The second-order valence-electron chi connectivity index (χ2n) is 5.41. The van der Waals surface area contributed by atoms with Crippen molar-refractivity contribution in [3.05, 3.63) is 24.4 Å². The molecule has 1 aromatic heterocycles. The van der Waals surface area contributed by atoms with E-state index in [1.807, 2.05) is 29.3 Å². The van der Waals surface area contributed by atoms with Crippen LogP contribution >= 0.6 is 0 Å². The molecule has 21 heavy (non-hydrogen) atoms. The van der Waals surface area contributed by atoms with Crippen molar-refractivity contribution in [3.8, 4) is 0 Å². The maximum Gasteiger partial charge on any atom is 0.223 e. The maximum atomic E-state index is 12.1. The van der Waals surface area contributed by atoms with Gasteiger partial charge in [-0.25, -0.2) is 4.98 Å². The Morgan fingerprint density at radius 3 is 2.71 bits per heavy atom. The monoisotopic (exact) mass is 290 g/mol. The van der Waals surface area contributed by atoms with Gasteiger partial charge in [-0.3, -0.25) is 4.79 Å². The Hall–Kier alpha value is -1.62. The molecule has 116 valence electrons. The second-order valence-corrected chi connectivity index (χ2v) is 5.41. The second kappa shape index (κ2) is 8.62. The summed E-state index contributed by atoms with van der Waals surface area (Å²) < 4.78 is 0. The fraction of sp³-hybridized carbons (Fsp3) is 0.625.